The summed E-state index contributed by atoms with van der Waals surface area (Å²) < 4.78 is 53.8. The first kappa shape index (κ1) is 23.6. The molecule has 0 aliphatic carbocycles. The number of amides is 1. The molecule has 9 nitrogen and oxygen atoms in total. The third-order valence-corrected chi connectivity index (χ3v) is 8.36. The zero-order valence-corrected chi connectivity index (χ0v) is 18.5. The number of halogens is 1. The van der Waals surface area contributed by atoms with Crippen molar-refractivity contribution in [3.8, 4) is 0 Å². The van der Waals surface area contributed by atoms with Crippen LogP contribution in [0.3, 0.4) is 0 Å². The van der Waals surface area contributed by atoms with Crippen molar-refractivity contribution in [2.45, 2.75) is 24.3 Å². The summed E-state index contributed by atoms with van der Waals surface area (Å²) in [5, 5.41) is 0.375. The first-order valence-corrected chi connectivity index (χ1v) is 12.5. The minimum atomic E-state index is -3.92. The van der Waals surface area contributed by atoms with Crippen molar-refractivity contribution >= 4 is 43.3 Å². The summed E-state index contributed by atoms with van der Waals surface area (Å²) in [5.74, 6) is -1.50. The van der Waals surface area contributed by atoms with Gasteiger partial charge in [0.2, 0.25) is 10.0 Å². The monoisotopic (exact) mass is 466 g/mol. The summed E-state index contributed by atoms with van der Waals surface area (Å²) in [6, 6.07) is 5.03. The Balaban J connectivity index is 1.91. The Bertz CT molecular complexity index is 962. The summed E-state index contributed by atoms with van der Waals surface area (Å²) >= 11 is 5.74. The predicted molar refractivity (Wildman–Crippen MR) is 107 cm³/mol. The molecule has 1 atom stereocenters. The number of sulfone groups is 1. The van der Waals surface area contributed by atoms with E-state index in [2.05, 4.69) is 0 Å². The van der Waals surface area contributed by atoms with Gasteiger partial charge in [0.15, 0.2) is 16.4 Å². The van der Waals surface area contributed by atoms with Gasteiger partial charge in [-0.1, -0.05) is 11.6 Å². The van der Waals surface area contributed by atoms with E-state index >= 15 is 0 Å². The van der Waals surface area contributed by atoms with Crippen molar-refractivity contribution in [1.82, 2.24) is 9.21 Å². The lowest BCUT2D eigenvalue weighted by Gasteiger charge is -2.26. The van der Waals surface area contributed by atoms with E-state index in [1.165, 1.54) is 36.2 Å². The molecular formula is C17H23ClN2O7S2. The fourth-order valence-electron chi connectivity index (χ4n) is 2.98. The van der Waals surface area contributed by atoms with Crippen LogP contribution in [0.1, 0.15) is 13.3 Å². The van der Waals surface area contributed by atoms with Crippen LogP contribution in [0.5, 0.6) is 0 Å². The van der Waals surface area contributed by atoms with Gasteiger partial charge in [0.05, 0.1) is 16.4 Å². The van der Waals surface area contributed by atoms with Crippen LogP contribution in [-0.4, -0.2) is 82.2 Å². The molecule has 1 aliphatic heterocycles. The molecule has 2 rings (SSSR count). The van der Waals surface area contributed by atoms with E-state index in [0.717, 1.165) is 4.31 Å². The summed E-state index contributed by atoms with van der Waals surface area (Å²) in [5.41, 5.74) is 0. The molecule has 1 unspecified atom stereocenters. The molecule has 0 radical (unpaired) electrons. The number of benzene rings is 1. The Morgan fingerprint density at radius 3 is 2.38 bits per heavy atom. The highest BCUT2D eigenvalue weighted by Gasteiger charge is 2.34. The molecule has 0 spiro atoms. The van der Waals surface area contributed by atoms with Crippen molar-refractivity contribution in [2.24, 2.45) is 0 Å². The van der Waals surface area contributed by atoms with Gasteiger partial charge in [-0.05, 0) is 37.6 Å². The van der Waals surface area contributed by atoms with E-state index in [9.17, 15) is 26.4 Å². The molecule has 162 valence electrons. The van der Waals surface area contributed by atoms with E-state index in [-0.39, 0.29) is 22.9 Å². The Hall–Kier alpha value is -1.69. The maximum atomic E-state index is 12.4. The van der Waals surface area contributed by atoms with Crippen LogP contribution in [0.15, 0.2) is 29.2 Å². The normalized spacial score (nSPS) is 18.6. The average Bonchev–Trinajstić information content (AvgIpc) is 3.00. The Labute approximate surface area is 175 Å². The van der Waals surface area contributed by atoms with Gasteiger partial charge in [-0.2, -0.15) is 4.31 Å². The topological polar surface area (TPSA) is 118 Å². The minimum Gasteiger partial charge on any atom is -0.455 e. The Kier molecular flexibility index (Phi) is 7.66. The standard InChI is InChI=1S/C17H23ClN2O7S2/c1-3-20(14-8-9-28(23,24)12-14)16(21)11-27-17(22)10-19(2)29(25,26)15-6-4-13(18)5-7-15/h4-7,14H,3,8-12H2,1-2H3. The van der Waals surface area contributed by atoms with Gasteiger partial charge in [0.1, 0.15) is 6.54 Å². The van der Waals surface area contributed by atoms with Crippen LogP contribution < -0.4 is 0 Å². The number of hydrogen-bond donors (Lipinski definition) is 0. The number of rotatable bonds is 8. The van der Waals surface area contributed by atoms with Gasteiger partial charge in [-0.15, -0.1) is 0 Å². The summed E-state index contributed by atoms with van der Waals surface area (Å²) in [4.78, 5) is 25.7. The molecular weight excluding hydrogens is 444 g/mol. The van der Waals surface area contributed by atoms with Crippen LogP contribution in [0, 0.1) is 0 Å². The van der Waals surface area contributed by atoms with Crippen LogP contribution >= 0.6 is 11.6 Å². The number of hydrogen-bond acceptors (Lipinski definition) is 7. The van der Waals surface area contributed by atoms with Gasteiger partial charge >= 0.3 is 5.97 Å². The van der Waals surface area contributed by atoms with E-state index in [1.54, 1.807) is 6.92 Å². The maximum absolute atomic E-state index is 12.4. The Morgan fingerprint density at radius 1 is 1.24 bits per heavy atom. The molecule has 1 heterocycles. The maximum Gasteiger partial charge on any atom is 0.321 e. The molecule has 0 aromatic heterocycles. The lowest BCUT2D eigenvalue weighted by Crippen LogP contribution is -2.43. The Morgan fingerprint density at radius 2 is 1.86 bits per heavy atom. The fraction of sp³-hybridized carbons (Fsp3) is 0.529. The van der Waals surface area contributed by atoms with E-state index in [4.69, 9.17) is 16.3 Å². The van der Waals surface area contributed by atoms with Crippen LogP contribution in [0.2, 0.25) is 5.02 Å². The van der Waals surface area contributed by atoms with Crippen molar-refractivity contribution in [3.63, 3.8) is 0 Å². The predicted octanol–water partition coefficient (Wildman–Crippen LogP) is 0.539. The second-order valence-electron chi connectivity index (χ2n) is 6.61. The van der Waals surface area contributed by atoms with Crippen molar-refractivity contribution < 1.29 is 31.2 Å². The van der Waals surface area contributed by atoms with Crippen molar-refractivity contribution in [2.75, 3.05) is 38.2 Å². The van der Waals surface area contributed by atoms with Crippen molar-refractivity contribution in [3.05, 3.63) is 29.3 Å². The molecule has 29 heavy (non-hydrogen) atoms. The van der Waals surface area contributed by atoms with Gasteiger partial charge in [-0.25, -0.2) is 16.8 Å². The molecule has 1 saturated heterocycles. The molecule has 0 N–H and O–H groups in total. The first-order valence-electron chi connectivity index (χ1n) is 8.83. The van der Waals surface area contributed by atoms with Crippen LogP contribution in [0.4, 0.5) is 0 Å². The number of nitrogens with zero attached hydrogens (tertiary/aromatic N) is 2. The first-order chi connectivity index (χ1) is 13.5. The third-order valence-electron chi connectivity index (χ3n) is 4.54. The second kappa shape index (κ2) is 9.41. The largest absolute Gasteiger partial charge is 0.455 e. The zero-order valence-electron chi connectivity index (χ0n) is 16.1. The molecule has 1 fully saturated rings. The van der Waals surface area contributed by atoms with Gasteiger partial charge in [0, 0.05) is 24.7 Å². The average molecular weight is 467 g/mol. The molecule has 1 aromatic rings. The summed E-state index contributed by atoms with van der Waals surface area (Å²) in [7, 11) is -5.87. The molecule has 0 saturated carbocycles. The highest BCUT2D eigenvalue weighted by Crippen LogP contribution is 2.19. The SMILES string of the molecule is CCN(C(=O)COC(=O)CN(C)S(=O)(=O)c1ccc(Cl)cc1)C1CCS(=O)(=O)C1. The summed E-state index contributed by atoms with van der Waals surface area (Å²) in [6.07, 6.45) is 0.345. The highest BCUT2D eigenvalue weighted by atomic mass is 35.5. The smallest absolute Gasteiger partial charge is 0.321 e. The summed E-state index contributed by atoms with van der Waals surface area (Å²) in [6.45, 7) is 0.818. The molecule has 0 bridgehead atoms. The van der Waals surface area contributed by atoms with Gasteiger partial charge in [-0.3, -0.25) is 9.59 Å². The highest BCUT2D eigenvalue weighted by molar-refractivity contribution is 7.91. The quantitative estimate of drug-likeness (QED) is 0.513. The van der Waals surface area contributed by atoms with Gasteiger partial charge in [0.25, 0.3) is 5.91 Å². The zero-order chi connectivity index (χ0) is 21.8. The van der Waals surface area contributed by atoms with Crippen LogP contribution in [0.25, 0.3) is 0 Å². The second-order valence-corrected chi connectivity index (χ2v) is 11.3. The number of ether oxygens (including phenoxy) is 1. The molecule has 12 heteroatoms. The number of likely N-dealkylation sites (N-methyl/N-ethyl adjacent to an activating group) is 2. The molecule has 1 aromatic carbocycles. The van der Waals surface area contributed by atoms with E-state index in [0.29, 0.717) is 11.4 Å². The van der Waals surface area contributed by atoms with Gasteiger partial charge < -0.3 is 9.64 Å². The fourth-order valence-corrected chi connectivity index (χ4v) is 5.96. The number of carbonyl (C=O) groups is 2. The number of carbonyl (C=O) groups excluding carboxylic acids is 2. The molecule has 1 amide bonds. The van der Waals surface area contributed by atoms with E-state index < -0.39 is 50.9 Å². The lowest BCUT2D eigenvalue weighted by atomic mass is 10.2. The van der Waals surface area contributed by atoms with E-state index in [1.807, 2.05) is 0 Å². The number of sulfonamides is 1. The third kappa shape index (κ3) is 6.14. The lowest BCUT2D eigenvalue weighted by molar-refractivity contribution is -0.152. The molecule has 1 aliphatic rings. The minimum absolute atomic E-state index is 0.0224. The van der Waals surface area contributed by atoms with Crippen molar-refractivity contribution in [1.29, 1.82) is 0 Å². The van der Waals surface area contributed by atoms with Crippen LogP contribution in [-0.2, 0) is 34.2 Å². The number of esters is 1.